The van der Waals surface area contributed by atoms with Crippen LogP contribution >= 0.6 is 27.5 Å². The molecule has 4 nitrogen and oxygen atoms in total. The minimum atomic E-state index is -1.11. The monoisotopic (exact) mass is 341 g/mol. The number of ether oxygens (including phenoxy) is 1. The standard InChI is InChI=1S/C13H9BrClNO3/c14-9-3-1-2-8(6-9)7-19-12-11(15)10(13(17)18)4-5-16-12/h1-6H,7H2,(H,17,18). The van der Waals surface area contributed by atoms with Crippen molar-refractivity contribution in [2.24, 2.45) is 0 Å². The highest BCUT2D eigenvalue weighted by atomic mass is 79.9. The molecule has 6 heteroatoms. The Bertz CT molecular complexity index is 619. The third-order valence-corrected chi connectivity index (χ3v) is 3.21. The van der Waals surface area contributed by atoms with Crippen LogP contribution in [0.15, 0.2) is 41.0 Å². The quantitative estimate of drug-likeness (QED) is 0.918. The summed E-state index contributed by atoms with van der Waals surface area (Å²) in [5, 5.41) is 8.94. The summed E-state index contributed by atoms with van der Waals surface area (Å²) < 4.78 is 6.38. The molecular weight excluding hydrogens is 334 g/mol. The molecule has 0 bridgehead atoms. The van der Waals surface area contributed by atoms with E-state index in [1.54, 1.807) is 0 Å². The van der Waals surface area contributed by atoms with Gasteiger partial charge in [-0.1, -0.05) is 39.7 Å². The van der Waals surface area contributed by atoms with Gasteiger partial charge in [0.05, 0.1) is 5.56 Å². The van der Waals surface area contributed by atoms with Crippen LogP contribution in [-0.4, -0.2) is 16.1 Å². The minimum absolute atomic E-state index is 0.00463. The lowest BCUT2D eigenvalue weighted by Crippen LogP contribution is -2.03. The van der Waals surface area contributed by atoms with Crippen molar-refractivity contribution in [1.82, 2.24) is 4.98 Å². The predicted molar refractivity (Wildman–Crippen MR) is 74.7 cm³/mol. The third-order valence-electron chi connectivity index (χ3n) is 2.35. The number of nitrogens with zero attached hydrogens (tertiary/aromatic N) is 1. The molecule has 1 aromatic carbocycles. The molecule has 0 aliphatic carbocycles. The molecule has 0 spiro atoms. The number of rotatable bonds is 4. The highest BCUT2D eigenvalue weighted by molar-refractivity contribution is 9.10. The lowest BCUT2D eigenvalue weighted by Gasteiger charge is -2.08. The minimum Gasteiger partial charge on any atom is -0.478 e. The number of aromatic carboxylic acids is 1. The molecule has 1 N–H and O–H groups in total. The van der Waals surface area contributed by atoms with Crippen molar-refractivity contribution in [1.29, 1.82) is 0 Å². The van der Waals surface area contributed by atoms with E-state index in [1.807, 2.05) is 24.3 Å². The molecule has 2 rings (SSSR count). The molecule has 98 valence electrons. The van der Waals surface area contributed by atoms with Crippen molar-refractivity contribution < 1.29 is 14.6 Å². The fourth-order valence-corrected chi connectivity index (χ4v) is 2.16. The first-order valence-electron chi connectivity index (χ1n) is 5.33. The zero-order chi connectivity index (χ0) is 13.8. The van der Waals surface area contributed by atoms with Gasteiger partial charge in [-0.15, -0.1) is 0 Å². The van der Waals surface area contributed by atoms with E-state index in [2.05, 4.69) is 20.9 Å². The van der Waals surface area contributed by atoms with Crippen molar-refractivity contribution in [2.45, 2.75) is 6.61 Å². The van der Waals surface area contributed by atoms with E-state index < -0.39 is 5.97 Å². The number of benzene rings is 1. The van der Waals surface area contributed by atoms with Gasteiger partial charge in [0.15, 0.2) is 0 Å². The molecule has 0 radical (unpaired) electrons. The third kappa shape index (κ3) is 3.45. The number of hydrogen-bond donors (Lipinski definition) is 1. The first-order chi connectivity index (χ1) is 9.08. The van der Waals surface area contributed by atoms with Gasteiger partial charge in [0.25, 0.3) is 0 Å². The van der Waals surface area contributed by atoms with Crippen LogP contribution in [-0.2, 0) is 6.61 Å². The Morgan fingerprint density at radius 2 is 2.21 bits per heavy atom. The van der Waals surface area contributed by atoms with Crippen LogP contribution < -0.4 is 4.74 Å². The fraction of sp³-hybridized carbons (Fsp3) is 0.0769. The summed E-state index contributed by atoms with van der Waals surface area (Å²) in [6.07, 6.45) is 1.35. The van der Waals surface area contributed by atoms with Crippen LogP contribution in [0.1, 0.15) is 15.9 Å². The second-order valence-corrected chi connectivity index (χ2v) is 5.00. The molecule has 19 heavy (non-hydrogen) atoms. The number of hydrogen-bond acceptors (Lipinski definition) is 3. The Morgan fingerprint density at radius 1 is 1.42 bits per heavy atom. The van der Waals surface area contributed by atoms with E-state index in [4.69, 9.17) is 21.4 Å². The largest absolute Gasteiger partial charge is 0.478 e. The number of carboxylic acids is 1. The molecule has 1 heterocycles. The fourth-order valence-electron chi connectivity index (χ4n) is 1.47. The SMILES string of the molecule is O=C(O)c1ccnc(OCc2cccc(Br)c2)c1Cl. The van der Waals surface area contributed by atoms with Crippen LogP contribution in [0.4, 0.5) is 0 Å². The number of halogens is 2. The molecule has 0 amide bonds. The van der Waals surface area contributed by atoms with Crippen LogP contribution in [0.3, 0.4) is 0 Å². The lowest BCUT2D eigenvalue weighted by atomic mass is 10.2. The summed E-state index contributed by atoms with van der Waals surface area (Å²) in [6.45, 7) is 0.259. The van der Waals surface area contributed by atoms with Crippen molar-refractivity contribution in [3.8, 4) is 5.88 Å². The van der Waals surface area contributed by atoms with Crippen LogP contribution in [0.5, 0.6) is 5.88 Å². The normalized spacial score (nSPS) is 10.2. The van der Waals surface area contributed by atoms with E-state index in [-0.39, 0.29) is 23.1 Å². The average molecular weight is 343 g/mol. The lowest BCUT2D eigenvalue weighted by molar-refractivity contribution is 0.0696. The van der Waals surface area contributed by atoms with Gasteiger partial charge >= 0.3 is 5.97 Å². The van der Waals surface area contributed by atoms with Crippen molar-refractivity contribution in [3.63, 3.8) is 0 Å². The zero-order valence-electron chi connectivity index (χ0n) is 9.64. The summed E-state index contributed by atoms with van der Waals surface area (Å²) in [5.74, 6) is -0.999. The van der Waals surface area contributed by atoms with Crippen molar-refractivity contribution in [3.05, 3.63) is 57.2 Å². The highest BCUT2D eigenvalue weighted by Crippen LogP contribution is 2.26. The number of carbonyl (C=O) groups is 1. The Hall–Kier alpha value is -1.59. The van der Waals surface area contributed by atoms with Gasteiger partial charge in [0, 0.05) is 10.7 Å². The molecule has 0 aliphatic rings. The van der Waals surface area contributed by atoms with Crippen LogP contribution in [0.25, 0.3) is 0 Å². The Kier molecular flexibility index (Phi) is 4.39. The van der Waals surface area contributed by atoms with E-state index in [0.717, 1.165) is 10.0 Å². The molecule has 0 saturated carbocycles. The van der Waals surface area contributed by atoms with Gasteiger partial charge < -0.3 is 9.84 Å². The summed E-state index contributed by atoms with van der Waals surface area (Å²) >= 11 is 9.28. The maximum Gasteiger partial charge on any atom is 0.337 e. The highest BCUT2D eigenvalue weighted by Gasteiger charge is 2.14. The summed E-state index contributed by atoms with van der Waals surface area (Å²) in [6, 6.07) is 8.90. The smallest absolute Gasteiger partial charge is 0.337 e. The first-order valence-corrected chi connectivity index (χ1v) is 6.50. The Balaban J connectivity index is 2.16. The van der Waals surface area contributed by atoms with Crippen LogP contribution in [0, 0.1) is 0 Å². The second-order valence-electron chi connectivity index (χ2n) is 3.70. The van der Waals surface area contributed by atoms with E-state index in [9.17, 15) is 4.79 Å². The number of aromatic nitrogens is 1. The van der Waals surface area contributed by atoms with Gasteiger partial charge in [-0.3, -0.25) is 0 Å². The van der Waals surface area contributed by atoms with Gasteiger partial charge in [0.2, 0.25) is 5.88 Å². The van der Waals surface area contributed by atoms with Gasteiger partial charge in [0.1, 0.15) is 11.6 Å². The molecule has 0 saturated heterocycles. The topological polar surface area (TPSA) is 59.4 Å². The van der Waals surface area contributed by atoms with E-state index in [1.165, 1.54) is 12.3 Å². The maximum atomic E-state index is 10.9. The number of carboxylic acid groups (broad SMARTS) is 1. The molecule has 0 fully saturated rings. The Morgan fingerprint density at radius 3 is 2.89 bits per heavy atom. The maximum absolute atomic E-state index is 10.9. The average Bonchev–Trinajstić information content (AvgIpc) is 2.37. The van der Waals surface area contributed by atoms with Gasteiger partial charge in [-0.2, -0.15) is 0 Å². The van der Waals surface area contributed by atoms with Crippen molar-refractivity contribution >= 4 is 33.5 Å². The Labute approximate surface area is 123 Å². The van der Waals surface area contributed by atoms with Crippen LogP contribution in [0.2, 0.25) is 5.02 Å². The summed E-state index contributed by atoms with van der Waals surface area (Å²) in [4.78, 5) is 14.8. The summed E-state index contributed by atoms with van der Waals surface area (Å²) in [5.41, 5.74) is 0.897. The van der Waals surface area contributed by atoms with Gasteiger partial charge in [-0.05, 0) is 23.8 Å². The molecule has 1 aromatic heterocycles. The van der Waals surface area contributed by atoms with Crippen molar-refractivity contribution in [2.75, 3.05) is 0 Å². The molecule has 2 aromatic rings. The first kappa shape index (κ1) is 13.8. The van der Waals surface area contributed by atoms with E-state index in [0.29, 0.717) is 0 Å². The van der Waals surface area contributed by atoms with E-state index >= 15 is 0 Å². The second kappa shape index (κ2) is 6.04. The predicted octanol–water partition coefficient (Wildman–Crippen LogP) is 3.77. The zero-order valence-corrected chi connectivity index (χ0v) is 12.0. The molecule has 0 atom stereocenters. The molecule has 0 aliphatic heterocycles. The summed E-state index contributed by atoms with van der Waals surface area (Å²) in [7, 11) is 0. The molecular formula is C13H9BrClNO3. The molecule has 0 unspecified atom stereocenters. The number of pyridine rings is 1. The van der Waals surface area contributed by atoms with Gasteiger partial charge in [-0.25, -0.2) is 9.78 Å².